The summed E-state index contributed by atoms with van der Waals surface area (Å²) < 4.78 is 4.80. The van der Waals surface area contributed by atoms with E-state index < -0.39 is 47.1 Å². The van der Waals surface area contributed by atoms with Gasteiger partial charge in [-0.3, -0.25) is 20.0 Å². The van der Waals surface area contributed by atoms with E-state index in [1.54, 1.807) is 51.4 Å². The zero-order valence-electron chi connectivity index (χ0n) is 29.8. The number of hydrazine groups is 1. The smallest absolute Gasteiger partial charge is 0.407 e. The molecule has 1 aliphatic rings. The lowest BCUT2D eigenvalue weighted by atomic mass is 9.86. The third kappa shape index (κ3) is 10.7. The number of rotatable bonds is 11. The Morgan fingerprint density at radius 2 is 1.62 bits per heavy atom. The lowest BCUT2D eigenvalue weighted by Crippen LogP contribution is -2.62. The number of benzene rings is 3. The average Bonchev–Trinajstić information content (AvgIpc) is 3.44. The van der Waals surface area contributed by atoms with Gasteiger partial charge >= 0.3 is 6.09 Å². The van der Waals surface area contributed by atoms with Crippen molar-refractivity contribution in [1.29, 1.82) is 0 Å². The van der Waals surface area contributed by atoms with Crippen LogP contribution in [0.25, 0.3) is 0 Å². The molecule has 3 amide bonds. The van der Waals surface area contributed by atoms with E-state index in [0.29, 0.717) is 17.5 Å². The van der Waals surface area contributed by atoms with Crippen molar-refractivity contribution in [1.82, 2.24) is 26.1 Å². The number of methoxy groups -OCH3 is 1. The molecule has 0 aliphatic heterocycles. The topological polar surface area (TPSA) is 153 Å². The number of pyridine rings is 1. The number of hydrogen-bond donors (Lipinski definition) is 5. The summed E-state index contributed by atoms with van der Waals surface area (Å²) in [5.41, 5.74) is 4.61. The van der Waals surface area contributed by atoms with Gasteiger partial charge in [0.15, 0.2) is 5.60 Å². The molecule has 0 radical (unpaired) electrons. The van der Waals surface area contributed by atoms with Gasteiger partial charge in [-0.2, -0.15) is 0 Å². The summed E-state index contributed by atoms with van der Waals surface area (Å²) in [6.45, 7) is 5.09. The van der Waals surface area contributed by atoms with Crippen molar-refractivity contribution in [2.24, 2.45) is 5.41 Å². The normalized spacial score (nSPS) is 16.4. The fourth-order valence-electron chi connectivity index (χ4n) is 6.24. The van der Waals surface area contributed by atoms with E-state index in [1.807, 2.05) is 72.8 Å². The van der Waals surface area contributed by atoms with Gasteiger partial charge in [0, 0.05) is 42.9 Å². The van der Waals surface area contributed by atoms with Gasteiger partial charge in [0.2, 0.25) is 0 Å². The number of aliphatic hydroxyl groups is 2. The summed E-state index contributed by atoms with van der Waals surface area (Å²) in [7, 11) is 1.21. The molecule has 53 heavy (non-hydrogen) atoms. The molecule has 5 rings (SSSR count). The minimum Gasteiger partial charge on any atom is -0.453 e. The number of nitrogens with one attached hydrogen (secondary N) is 3. The van der Waals surface area contributed by atoms with Crippen LogP contribution in [0, 0.1) is 17.3 Å². The molecule has 0 saturated carbocycles. The van der Waals surface area contributed by atoms with Gasteiger partial charge < -0.3 is 25.6 Å². The Morgan fingerprint density at radius 1 is 0.943 bits per heavy atom. The number of hydrogen-bond acceptors (Lipinski definition) is 8. The lowest BCUT2D eigenvalue weighted by Gasteiger charge is -2.37. The van der Waals surface area contributed by atoms with Gasteiger partial charge in [0.1, 0.15) is 6.04 Å². The van der Waals surface area contributed by atoms with E-state index in [9.17, 15) is 24.6 Å². The minimum absolute atomic E-state index is 0. The highest BCUT2D eigenvalue weighted by atomic mass is 16.5. The number of ether oxygens (including phenoxy) is 1. The van der Waals surface area contributed by atoms with E-state index >= 15 is 0 Å². The van der Waals surface area contributed by atoms with Crippen molar-refractivity contribution in [2.45, 2.75) is 71.4 Å². The van der Waals surface area contributed by atoms with Crippen LogP contribution in [0.3, 0.4) is 0 Å². The van der Waals surface area contributed by atoms with Crippen LogP contribution in [-0.4, -0.2) is 69.5 Å². The number of alkyl carbamates (subject to hydrolysis) is 1. The summed E-state index contributed by atoms with van der Waals surface area (Å²) in [6, 6.07) is 25.8. The van der Waals surface area contributed by atoms with Crippen LogP contribution in [0.5, 0.6) is 0 Å². The summed E-state index contributed by atoms with van der Waals surface area (Å²) in [5, 5.41) is 30.4. The molecule has 4 atom stereocenters. The fourth-order valence-corrected chi connectivity index (χ4v) is 6.24. The molecule has 0 saturated heterocycles. The lowest BCUT2D eigenvalue weighted by molar-refractivity contribution is -0.147. The Hall–Kier alpha value is -5.54. The maximum Gasteiger partial charge on any atom is 0.407 e. The molecule has 1 heterocycles. The molecule has 4 aromatic rings. The van der Waals surface area contributed by atoms with E-state index in [1.165, 1.54) is 12.1 Å². The van der Waals surface area contributed by atoms with Gasteiger partial charge in [-0.1, -0.05) is 107 Å². The Morgan fingerprint density at radius 3 is 2.32 bits per heavy atom. The first-order valence-electron chi connectivity index (χ1n) is 17.1. The van der Waals surface area contributed by atoms with Crippen LogP contribution in [0.2, 0.25) is 0 Å². The number of nitrogens with zero attached hydrogens (tertiary/aromatic N) is 2. The quantitative estimate of drug-likeness (QED) is 0.113. The number of carbonyl (C=O) groups is 3. The van der Waals surface area contributed by atoms with Gasteiger partial charge in [0.05, 0.1) is 25.8 Å². The Bertz CT molecular complexity index is 1920. The molecule has 0 unspecified atom stereocenters. The van der Waals surface area contributed by atoms with Crippen molar-refractivity contribution >= 4 is 17.9 Å². The third-order valence-electron chi connectivity index (χ3n) is 8.86. The van der Waals surface area contributed by atoms with E-state index in [4.69, 9.17) is 4.74 Å². The van der Waals surface area contributed by atoms with Crippen LogP contribution in [0.4, 0.5) is 4.79 Å². The largest absolute Gasteiger partial charge is 0.453 e. The second-order valence-corrected chi connectivity index (χ2v) is 14.1. The van der Waals surface area contributed by atoms with E-state index in [2.05, 4.69) is 32.9 Å². The first kappa shape index (κ1) is 40.2. The molecule has 11 nitrogen and oxygen atoms in total. The molecular formula is C42H49N5O6. The number of aromatic nitrogens is 1. The Balaban J connectivity index is 0.00000627. The Kier molecular flexibility index (Phi) is 13.5. The zero-order chi connectivity index (χ0) is 37.3. The highest BCUT2D eigenvalue weighted by Gasteiger charge is 2.43. The molecule has 0 fully saturated rings. The van der Waals surface area contributed by atoms with Gasteiger partial charge in [-0.05, 0) is 51.9 Å². The average molecular weight is 720 g/mol. The molecule has 0 spiro atoms. The molecule has 5 N–H and O–H groups in total. The van der Waals surface area contributed by atoms with Crippen LogP contribution in [0.15, 0.2) is 103 Å². The minimum atomic E-state index is -2.10. The second-order valence-electron chi connectivity index (χ2n) is 14.1. The van der Waals surface area contributed by atoms with Crippen LogP contribution in [0.1, 0.15) is 67.6 Å². The number of aliphatic hydroxyl groups excluding tert-OH is 1. The first-order valence-corrected chi connectivity index (χ1v) is 17.1. The van der Waals surface area contributed by atoms with Crippen LogP contribution in [-0.2, 0) is 33.7 Å². The maximum absolute atomic E-state index is 14.3. The maximum atomic E-state index is 14.3. The number of fused-ring (bicyclic) bond motifs is 1. The number of carbonyl (C=O) groups excluding carboxylic acids is 3. The fraction of sp³-hybridized carbons (Fsp3) is 0.333. The Labute approximate surface area is 311 Å². The van der Waals surface area contributed by atoms with Crippen LogP contribution < -0.4 is 16.1 Å². The summed E-state index contributed by atoms with van der Waals surface area (Å²) in [4.78, 5) is 44.7. The predicted molar refractivity (Wildman–Crippen MR) is 203 cm³/mol. The van der Waals surface area contributed by atoms with Gasteiger partial charge in [0.25, 0.3) is 11.8 Å². The van der Waals surface area contributed by atoms with Gasteiger partial charge in [-0.15, -0.1) is 0 Å². The highest BCUT2D eigenvalue weighted by Crippen LogP contribution is 2.32. The molecule has 278 valence electrons. The molecule has 0 bridgehead atoms. The summed E-state index contributed by atoms with van der Waals surface area (Å²) in [6.07, 6.45) is 1.94. The van der Waals surface area contributed by atoms with Crippen molar-refractivity contribution in [2.75, 3.05) is 13.7 Å². The SMILES string of the molecule is C.COC(=O)N[C@H](C(=O)NN(Cc1cccc(C#Cc2cccnc2)c1)C[C@@](O)(Cc1ccccc1)C(=O)N[C@H]1c2ccccc2C[C@H]1O)C(C)(C)C. The molecule has 1 aromatic heterocycles. The van der Waals surface area contributed by atoms with E-state index in [0.717, 1.165) is 22.3 Å². The van der Waals surface area contributed by atoms with Crippen molar-refractivity contribution in [3.8, 4) is 11.8 Å². The van der Waals surface area contributed by atoms with Crippen molar-refractivity contribution < 1.29 is 29.3 Å². The first-order chi connectivity index (χ1) is 24.8. The summed E-state index contributed by atoms with van der Waals surface area (Å²) >= 11 is 0. The predicted octanol–water partition coefficient (Wildman–Crippen LogP) is 4.47. The van der Waals surface area contributed by atoms with Crippen molar-refractivity contribution in [3.63, 3.8) is 0 Å². The molecule has 1 aliphatic carbocycles. The monoisotopic (exact) mass is 719 g/mol. The van der Waals surface area contributed by atoms with Crippen molar-refractivity contribution in [3.05, 3.63) is 137 Å². The number of amides is 3. The molecular weight excluding hydrogens is 670 g/mol. The van der Waals surface area contributed by atoms with Gasteiger partial charge in [-0.25, -0.2) is 9.80 Å². The third-order valence-corrected chi connectivity index (χ3v) is 8.86. The van der Waals surface area contributed by atoms with Crippen LogP contribution >= 0.6 is 0 Å². The summed E-state index contributed by atoms with van der Waals surface area (Å²) in [5.74, 6) is 4.94. The zero-order valence-corrected chi connectivity index (χ0v) is 29.8. The molecule has 11 heteroatoms. The molecule has 3 aromatic carbocycles. The standard InChI is InChI=1S/C41H45N5O6.CH4/c1-40(2,3)36(44-39(50)52-4)37(48)45-46(26-31-15-10-14-28(22-31)19-20-30-16-11-21-42-25-30)27-41(51,24-29-12-6-5-7-13-29)38(49)43-35-33-18-9-8-17-32(33)23-34(35)47;/h5-18,21-22,25,34-36,47,51H,23-24,26-27H2,1-4H3,(H,43,49)(H,44,50)(H,45,48);1H4/t34-,35+,36-,41+;/m1./s1. The highest BCUT2D eigenvalue weighted by molar-refractivity contribution is 5.87. The van der Waals surface area contributed by atoms with E-state index in [-0.39, 0.29) is 26.9 Å². The second kappa shape index (κ2) is 17.8.